The number of rotatable bonds is 5. The Morgan fingerprint density at radius 1 is 1.32 bits per heavy atom. The predicted molar refractivity (Wildman–Crippen MR) is 71.2 cm³/mol. The first-order valence-corrected chi connectivity index (χ1v) is 6.54. The number of halogens is 3. The van der Waals surface area contributed by atoms with E-state index < -0.39 is 17.7 Å². The Morgan fingerprint density at radius 3 is 2.74 bits per heavy atom. The van der Waals surface area contributed by atoms with Crippen LogP contribution in [0.15, 0.2) is 39.4 Å². The minimum atomic E-state index is -0.637. The SMILES string of the molecule is NNC(CCc1ccco1)c1c(F)ccc(Br)c1F. The third-order valence-electron chi connectivity index (χ3n) is 2.89. The summed E-state index contributed by atoms with van der Waals surface area (Å²) < 4.78 is 33.1. The molecule has 0 fully saturated rings. The smallest absolute Gasteiger partial charge is 0.145 e. The summed E-state index contributed by atoms with van der Waals surface area (Å²) in [4.78, 5) is 0. The third-order valence-corrected chi connectivity index (χ3v) is 3.50. The molecule has 0 bridgehead atoms. The summed E-state index contributed by atoms with van der Waals surface area (Å²) in [5.74, 6) is 4.89. The van der Waals surface area contributed by atoms with Gasteiger partial charge in [0, 0.05) is 12.0 Å². The fourth-order valence-electron chi connectivity index (χ4n) is 1.91. The first-order valence-electron chi connectivity index (χ1n) is 5.75. The van der Waals surface area contributed by atoms with Gasteiger partial charge in [-0.15, -0.1) is 0 Å². The van der Waals surface area contributed by atoms with Crippen molar-refractivity contribution in [1.29, 1.82) is 0 Å². The quantitative estimate of drug-likeness (QED) is 0.501. The van der Waals surface area contributed by atoms with Gasteiger partial charge in [0.05, 0.1) is 16.8 Å². The molecule has 0 saturated heterocycles. The van der Waals surface area contributed by atoms with Gasteiger partial charge in [-0.3, -0.25) is 11.3 Å². The molecule has 0 aliphatic heterocycles. The largest absolute Gasteiger partial charge is 0.469 e. The normalized spacial score (nSPS) is 12.6. The lowest BCUT2D eigenvalue weighted by Crippen LogP contribution is -2.30. The first-order chi connectivity index (χ1) is 9.13. The van der Waals surface area contributed by atoms with Gasteiger partial charge in [0.2, 0.25) is 0 Å². The lowest BCUT2D eigenvalue weighted by Gasteiger charge is -2.17. The zero-order chi connectivity index (χ0) is 13.8. The van der Waals surface area contributed by atoms with Crippen LogP contribution in [0, 0.1) is 11.6 Å². The zero-order valence-electron chi connectivity index (χ0n) is 10.00. The lowest BCUT2D eigenvalue weighted by atomic mass is 10.0. The Kier molecular flexibility index (Phi) is 4.68. The minimum absolute atomic E-state index is 0.0663. The molecule has 2 rings (SSSR count). The van der Waals surface area contributed by atoms with Crippen molar-refractivity contribution < 1.29 is 13.2 Å². The molecule has 6 heteroatoms. The second-order valence-corrected chi connectivity index (χ2v) is 4.95. The Bertz CT molecular complexity index is 546. The maximum Gasteiger partial charge on any atom is 0.145 e. The van der Waals surface area contributed by atoms with Gasteiger partial charge in [0.15, 0.2) is 0 Å². The van der Waals surface area contributed by atoms with Crippen molar-refractivity contribution in [2.75, 3.05) is 0 Å². The van der Waals surface area contributed by atoms with Gasteiger partial charge in [-0.2, -0.15) is 0 Å². The molecular weight excluding hydrogens is 318 g/mol. The van der Waals surface area contributed by atoms with E-state index in [0.29, 0.717) is 12.8 Å². The van der Waals surface area contributed by atoms with E-state index in [0.717, 1.165) is 5.76 Å². The van der Waals surface area contributed by atoms with Crippen LogP contribution in [0.25, 0.3) is 0 Å². The van der Waals surface area contributed by atoms with E-state index >= 15 is 0 Å². The molecule has 1 atom stereocenters. The molecule has 3 nitrogen and oxygen atoms in total. The van der Waals surface area contributed by atoms with Crippen molar-refractivity contribution in [3.05, 3.63) is 58.0 Å². The van der Waals surface area contributed by atoms with Gasteiger partial charge < -0.3 is 4.42 Å². The van der Waals surface area contributed by atoms with E-state index in [2.05, 4.69) is 21.4 Å². The summed E-state index contributed by atoms with van der Waals surface area (Å²) >= 11 is 3.04. The minimum Gasteiger partial charge on any atom is -0.469 e. The molecule has 1 aromatic carbocycles. The Labute approximate surface area is 117 Å². The Morgan fingerprint density at radius 2 is 2.11 bits per heavy atom. The molecule has 0 spiro atoms. The number of hydrazine groups is 1. The molecular formula is C13H13BrF2N2O. The van der Waals surface area contributed by atoms with Crippen LogP contribution in [0.4, 0.5) is 8.78 Å². The molecule has 102 valence electrons. The fraction of sp³-hybridized carbons (Fsp3) is 0.231. The van der Waals surface area contributed by atoms with Gasteiger partial charge in [0.1, 0.15) is 17.4 Å². The van der Waals surface area contributed by atoms with Crippen LogP contribution in [0.3, 0.4) is 0 Å². The molecule has 2 aromatic rings. The van der Waals surface area contributed by atoms with Crippen LogP contribution in [-0.4, -0.2) is 0 Å². The van der Waals surface area contributed by atoms with Crippen LogP contribution in [-0.2, 0) is 6.42 Å². The zero-order valence-corrected chi connectivity index (χ0v) is 11.6. The summed E-state index contributed by atoms with van der Waals surface area (Å²) in [7, 11) is 0. The summed E-state index contributed by atoms with van der Waals surface area (Å²) in [5.41, 5.74) is 2.38. The van der Waals surface area contributed by atoms with Crippen molar-refractivity contribution in [2.45, 2.75) is 18.9 Å². The van der Waals surface area contributed by atoms with Crippen LogP contribution in [0.5, 0.6) is 0 Å². The van der Waals surface area contributed by atoms with Crippen LogP contribution in [0.1, 0.15) is 23.8 Å². The number of nitrogens with one attached hydrogen (secondary N) is 1. The number of benzene rings is 1. The highest BCUT2D eigenvalue weighted by Crippen LogP contribution is 2.28. The van der Waals surface area contributed by atoms with Crippen LogP contribution >= 0.6 is 15.9 Å². The van der Waals surface area contributed by atoms with Crippen molar-refractivity contribution in [3.8, 4) is 0 Å². The molecule has 0 aliphatic carbocycles. The van der Waals surface area contributed by atoms with E-state index in [-0.39, 0.29) is 10.0 Å². The van der Waals surface area contributed by atoms with Gasteiger partial charge in [0.25, 0.3) is 0 Å². The van der Waals surface area contributed by atoms with E-state index in [4.69, 9.17) is 10.3 Å². The van der Waals surface area contributed by atoms with E-state index in [9.17, 15) is 8.78 Å². The van der Waals surface area contributed by atoms with Crippen molar-refractivity contribution >= 4 is 15.9 Å². The summed E-state index contributed by atoms with van der Waals surface area (Å²) in [5, 5.41) is 0. The van der Waals surface area contributed by atoms with Crippen LogP contribution in [0.2, 0.25) is 0 Å². The number of aryl methyl sites for hydroxylation is 1. The van der Waals surface area contributed by atoms with E-state index in [1.54, 1.807) is 18.4 Å². The topological polar surface area (TPSA) is 51.2 Å². The summed E-state index contributed by atoms with van der Waals surface area (Å²) in [6.07, 6.45) is 2.52. The lowest BCUT2D eigenvalue weighted by molar-refractivity contribution is 0.428. The monoisotopic (exact) mass is 330 g/mol. The summed E-state index contributed by atoms with van der Waals surface area (Å²) in [6, 6.07) is 5.48. The maximum atomic E-state index is 14.0. The number of furan rings is 1. The van der Waals surface area contributed by atoms with Gasteiger partial charge >= 0.3 is 0 Å². The number of hydrogen-bond acceptors (Lipinski definition) is 3. The Balaban J connectivity index is 2.19. The second-order valence-electron chi connectivity index (χ2n) is 4.09. The first kappa shape index (κ1) is 14.2. The molecule has 0 amide bonds. The molecule has 19 heavy (non-hydrogen) atoms. The molecule has 1 unspecified atom stereocenters. The molecule has 3 N–H and O–H groups in total. The van der Waals surface area contributed by atoms with Gasteiger partial charge in [-0.1, -0.05) is 0 Å². The highest BCUT2D eigenvalue weighted by atomic mass is 79.9. The molecule has 1 aromatic heterocycles. The molecule has 0 radical (unpaired) electrons. The average molecular weight is 331 g/mol. The molecule has 1 heterocycles. The maximum absolute atomic E-state index is 14.0. The number of hydrogen-bond donors (Lipinski definition) is 2. The van der Waals surface area contributed by atoms with Crippen LogP contribution < -0.4 is 11.3 Å². The average Bonchev–Trinajstić information content (AvgIpc) is 2.91. The third kappa shape index (κ3) is 3.20. The highest BCUT2D eigenvalue weighted by Gasteiger charge is 2.21. The second kappa shape index (κ2) is 6.27. The van der Waals surface area contributed by atoms with Crippen molar-refractivity contribution in [2.24, 2.45) is 5.84 Å². The standard InChI is InChI=1S/C13H13BrF2N2O/c14-9-4-5-10(15)12(13(9)16)11(18-17)6-3-8-2-1-7-19-8/h1-2,4-5,7,11,18H,3,6,17H2. The fourth-order valence-corrected chi connectivity index (χ4v) is 2.26. The van der Waals surface area contributed by atoms with Gasteiger partial charge in [-0.25, -0.2) is 8.78 Å². The van der Waals surface area contributed by atoms with Gasteiger partial charge in [-0.05, 0) is 46.6 Å². The van der Waals surface area contributed by atoms with Crippen molar-refractivity contribution in [3.63, 3.8) is 0 Å². The Hall–Kier alpha value is -1.24. The van der Waals surface area contributed by atoms with E-state index in [1.807, 2.05) is 0 Å². The predicted octanol–water partition coefficient (Wildman–Crippen LogP) is 3.46. The highest BCUT2D eigenvalue weighted by molar-refractivity contribution is 9.10. The molecule has 0 aliphatic rings. The summed E-state index contributed by atoms with van der Waals surface area (Å²) in [6.45, 7) is 0. The molecule has 0 saturated carbocycles. The van der Waals surface area contributed by atoms with E-state index in [1.165, 1.54) is 12.1 Å². The van der Waals surface area contributed by atoms with Crippen molar-refractivity contribution in [1.82, 2.24) is 5.43 Å². The number of nitrogens with two attached hydrogens (primary N) is 1.